The van der Waals surface area contributed by atoms with Gasteiger partial charge in [-0.05, 0) is 30.7 Å². The van der Waals surface area contributed by atoms with E-state index >= 15 is 0 Å². The van der Waals surface area contributed by atoms with Gasteiger partial charge in [0.1, 0.15) is 0 Å². The van der Waals surface area contributed by atoms with Crippen molar-refractivity contribution < 1.29 is 18.3 Å². The van der Waals surface area contributed by atoms with E-state index in [1.165, 1.54) is 13.0 Å². The Morgan fingerprint density at radius 1 is 1.29 bits per heavy atom. The quantitative estimate of drug-likeness (QED) is 0.799. The molecule has 0 heterocycles. The van der Waals surface area contributed by atoms with Crippen molar-refractivity contribution in [3.8, 4) is 0 Å². The molecule has 0 aliphatic carbocycles. The highest BCUT2D eigenvalue weighted by atomic mass is 32.2. The first-order valence-electron chi connectivity index (χ1n) is 4.77. The second-order valence-corrected chi connectivity index (χ2v) is 5.38. The van der Waals surface area contributed by atoms with Crippen molar-refractivity contribution in [3.63, 3.8) is 0 Å². The maximum absolute atomic E-state index is 11.0. The fraction of sp³-hybridized carbons (Fsp3) is 0.182. The molecule has 17 heavy (non-hydrogen) atoms. The molecule has 0 aliphatic heterocycles. The highest BCUT2D eigenvalue weighted by Crippen LogP contribution is 2.13. The molecule has 1 rings (SSSR count). The third-order valence-electron chi connectivity index (χ3n) is 1.93. The fourth-order valence-corrected chi connectivity index (χ4v) is 1.74. The molecule has 0 saturated heterocycles. The number of hydrogen-bond acceptors (Lipinski definition) is 3. The summed E-state index contributed by atoms with van der Waals surface area (Å²) in [6.07, 6.45) is 2.57. The number of benzene rings is 1. The Labute approximate surface area is 99.8 Å². The van der Waals surface area contributed by atoms with Gasteiger partial charge in [-0.1, -0.05) is 12.1 Å². The maximum atomic E-state index is 11.0. The number of carbonyl (C=O) groups is 1. The van der Waals surface area contributed by atoms with Gasteiger partial charge < -0.3 is 5.11 Å². The van der Waals surface area contributed by atoms with Crippen molar-refractivity contribution in [2.45, 2.75) is 6.92 Å². The van der Waals surface area contributed by atoms with E-state index in [2.05, 4.69) is 4.72 Å². The van der Waals surface area contributed by atoms with Crippen LogP contribution in [0.25, 0.3) is 6.08 Å². The van der Waals surface area contributed by atoms with Crippen molar-refractivity contribution in [1.29, 1.82) is 0 Å². The van der Waals surface area contributed by atoms with E-state index in [0.29, 0.717) is 11.3 Å². The first-order valence-corrected chi connectivity index (χ1v) is 6.66. The van der Waals surface area contributed by atoms with Crippen LogP contribution in [0.15, 0.2) is 29.8 Å². The van der Waals surface area contributed by atoms with Gasteiger partial charge in [0.15, 0.2) is 0 Å². The predicted octanol–water partition coefficient (Wildman–Crippen LogP) is 1.55. The van der Waals surface area contributed by atoms with E-state index < -0.39 is 16.0 Å². The normalized spacial score (nSPS) is 12.2. The summed E-state index contributed by atoms with van der Waals surface area (Å²) >= 11 is 0. The molecular weight excluding hydrogens is 242 g/mol. The summed E-state index contributed by atoms with van der Waals surface area (Å²) < 4.78 is 24.2. The average molecular weight is 255 g/mol. The standard InChI is InChI=1S/C11H13NO4S/c1-8(11(13)14)7-9-3-5-10(6-4-9)12-17(2,15)16/h3-7,12H,1-2H3,(H,13,14). The third kappa shape index (κ3) is 4.69. The van der Waals surface area contributed by atoms with Crippen molar-refractivity contribution >= 4 is 27.8 Å². The second-order valence-electron chi connectivity index (χ2n) is 3.63. The van der Waals surface area contributed by atoms with E-state index in [9.17, 15) is 13.2 Å². The molecule has 0 unspecified atom stereocenters. The van der Waals surface area contributed by atoms with Crippen LogP contribution in [0, 0.1) is 0 Å². The average Bonchev–Trinajstić information content (AvgIpc) is 2.18. The molecule has 0 spiro atoms. The lowest BCUT2D eigenvalue weighted by molar-refractivity contribution is -0.132. The third-order valence-corrected chi connectivity index (χ3v) is 2.54. The lowest BCUT2D eigenvalue weighted by Gasteiger charge is -2.03. The van der Waals surface area contributed by atoms with Crippen LogP contribution in [0.1, 0.15) is 12.5 Å². The molecule has 0 atom stereocenters. The molecule has 92 valence electrons. The highest BCUT2D eigenvalue weighted by molar-refractivity contribution is 7.92. The predicted molar refractivity (Wildman–Crippen MR) is 66.2 cm³/mol. The van der Waals surface area contributed by atoms with Crippen LogP contribution in [0.4, 0.5) is 5.69 Å². The molecule has 0 radical (unpaired) electrons. The minimum atomic E-state index is -3.29. The van der Waals surface area contributed by atoms with Crippen LogP contribution in [0.5, 0.6) is 0 Å². The van der Waals surface area contributed by atoms with Gasteiger partial charge in [0.05, 0.1) is 6.26 Å². The molecular formula is C11H13NO4S. The zero-order chi connectivity index (χ0) is 13.1. The van der Waals surface area contributed by atoms with Crippen LogP contribution in [0.2, 0.25) is 0 Å². The van der Waals surface area contributed by atoms with E-state index in [0.717, 1.165) is 6.26 Å². The van der Waals surface area contributed by atoms with Crippen LogP contribution in [-0.4, -0.2) is 25.7 Å². The number of carboxylic acids is 1. The van der Waals surface area contributed by atoms with E-state index in [1.54, 1.807) is 24.3 Å². The first-order chi connectivity index (χ1) is 7.78. The lowest BCUT2D eigenvalue weighted by atomic mass is 10.1. The molecule has 0 amide bonds. The minimum Gasteiger partial charge on any atom is -0.478 e. The van der Waals surface area contributed by atoms with Crippen LogP contribution < -0.4 is 4.72 Å². The number of rotatable bonds is 4. The summed E-state index contributed by atoms with van der Waals surface area (Å²) in [6, 6.07) is 6.42. The summed E-state index contributed by atoms with van der Waals surface area (Å²) in [4.78, 5) is 10.6. The lowest BCUT2D eigenvalue weighted by Crippen LogP contribution is -2.09. The van der Waals surface area contributed by atoms with E-state index in [-0.39, 0.29) is 5.57 Å². The number of anilines is 1. The SMILES string of the molecule is CC(=Cc1ccc(NS(C)(=O)=O)cc1)C(=O)O. The molecule has 0 fully saturated rings. The Morgan fingerprint density at radius 3 is 2.24 bits per heavy atom. The maximum Gasteiger partial charge on any atom is 0.331 e. The number of hydrogen-bond donors (Lipinski definition) is 2. The van der Waals surface area contributed by atoms with Crippen molar-refractivity contribution in [2.24, 2.45) is 0 Å². The summed E-state index contributed by atoms with van der Waals surface area (Å²) in [7, 11) is -3.29. The van der Waals surface area contributed by atoms with Crippen molar-refractivity contribution in [2.75, 3.05) is 11.0 Å². The zero-order valence-corrected chi connectivity index (χ0v) is 10.3. The van der Waals surface area contributed by atoms with Crippen molar-refractivity contribution in [3.05, 3.63) is 35.4 Å². The highest BCUT2D eigenvalue weighted by Gasteiger charge is 2.02. The molecule has 0 aromatic heterocycles. The Morgan fingerprint density at radius 2 is 1.82 bits per heavy atom. The molecule has 2 N–H and O–H groups in total. The fourth-order valence-electron chi connectivity index (χ4n) is 1.17. The second kappa shape index (κ2) is 5.01. The summed E-state index contributed by atoms with van der Waals surface area (Å²) in [5.41, 5.74) is 1.36. The van der Waals surface area contributed by atoms with Gasteiger partial charge in [0.25, 0.3) is 0 Å². The molecule has 0 bridgehead atoms. The van der Waals surface area contributed by atoms with Gasteiger partial charge in [0, 0.05) is 11.3 Å². The van der Waals surface area contributed by atoms with Gasteiger partial charge >= 0.3 is 5.97 Å². The van der Waals surface area contributed by atoms with Gasteiger partial charge in [-0.3, -0.25) is 4.72 Å². The number of aliphatic carboxylic acids is 1. The van der Waals surface area contributed by atoms with E-state index in [4.69, 9.17) is 5.11 Å². The van der Waals surface area contributed by atoms with Gasteiger partial charge in [-0.2, -0.15) is 0 Å². The number of nitrogens with one attached hydrogen (secondary N) is 1. The van der Waals surface area contributed by atoms with Crippen LogP contribution in [-0.2, 0) is 14.8 Å². The Hall–Kier alpha value is -1.82. The number of carboxylic acid groups (broad SMARTS) is 1. The van der Waals surface area contributed by atoms with Crippen LogP contribution >= 0.6 is 0 Å². The summed E-state index contributed by atoms with van der Waals surface area (Å²) in [5, 5.41) is 8.69. The Kier molecular flexibility index (Phi) is 3.90. The topological polar surface area (TPSA) is 83.5 Å². The smallest absolute Gasteiger partial charge is 0.331 e. The number of sulfonamides is 1. The molecule has 6 heteroatoms. The Bertz CT molecular complexity index is 543. The molecule has 0 aliphatic rings. The Balaban J connectivity index is 2.89. The molecule has 5 nitrogen and oxygen atoms in total. The molecule has 1 aromatic rings. The van der Waals surface area contributed by atoms with Crippen LogP contribution in [0.3, 0.4) is 0 Å². The van der Waals surface area contributed by atoms with Gasteiger partial charge in [-0.25, -0.2) is 13.2 Å². The van der Waals surface area contributed by atoms with Gasteiger partial charge in [0.2, 0.25) is 10.0 Å². The van der Waals surface area contributed by atoms with Crippen molar-refractivity contribution in [1.82, 2.24) is 0 Å². The molecule has 1 aromatic carbocycles. The summed E-state index contributed by atoms with van der Waals surface area (Å²) in [5.74, 6) is -0.983. The molecule has 0 saturated carbocycles. The van der Waals surface area contributed by atoms with E-state index in [1.807, 2.05) is 0 Å². The summed E-state index contributed by atoms with van der Waals surface area (Å²) in [6.45, 7) is 1.49. The monoisotopic (exact) mass is 255 g/mol. The van der Waals surface area contributed by atoms with Gasteiger partial charge in [-0.15, -0.1) is 0 Å². The zero-order valence-electron chi connectivity index (χ0n) is 9.47. The minimum absolute atomic E-state index is 0.217. The first kappa shape index (κ1) is 13.2. The largest absolute Gasteiger partial charge is 0.478 e.